The number of aliphatic hydroxyl groups excluding tert-OH is 1. The molecule has 1 amide bonds. The van der Waals surface area contributed by atoms with Crippen LogP contribution in [0.5, 0.6) is 11.5 Å². The average molecular weight is 335 g/mol. The van der Waals surface area contributed by atoms with Gasteiger partial charge in [0.25, 0.3) is 0 Å². The molecule has 0 radical (unpaired) electrons. The summed E-state index contributed by atoms with van der Waals surface area (Å²) in [6.07, 6.45) is 4.95. The predicted molar refractivity (Wildman–Crippen MR) is 89.5 cm³/mol. The second-order valence-electron chi connectivity index (χ2n) is 5.90. The van der Waals surface area contributed by atoms with Crippen molar-refractivity contribution >= 4 is 12.2 Å². The second kappa shape index (κ2) is 9.27. The van der Waals surface area contributed by atoms with E-state index < -0.39 is 0 Å². The summed E-state index contributed by atoms with van der Waals surface area (Å²) in [7, 11) is 1.50. The molecule has 1 aliphatic heterocycles. The number of ether oxygens (including phenoxy) is 2. The van der Waals surface area contributed by atoms with Crippen molar-refractivity contribution in [1.29, 1.82) is 0 Å². The van der Waals surface area contributed by atoms with Crippen LogP contribution in [0, 0.1) is 0 Å². The summed E-state index contributed by atoms with van der Waals surface area (Å²) in [5.74, 6) is 0.972. The summed E-state index contributed by atoms with van der Waals surface area (Å²) in [6, 6.07) is 4.82. The smallest absolute Gasteiger partial charge is 0.226 e. The van der Waals surface area contributed by atoms with Crippen LogP contribution in [-0.2, 0) is 4.79 Å². The highest BCUT2D eigenvalue weighted by Gasteiger charge is 2.24. The SMILES string of the molecule is COc1cc(C=O)ccc1OCCC(=O)N1CCCCCC1CO. The van der Waals surface area contributed by atoms with E-state index in [0.717, 1.165) is 32.0 Å². The predicted octanol–water partition coefficient (Wildman–Crippen LogP) is 2.04. The number of hydrogen-bond acceptors (Lipinski definition) is 5. The Morgan fingerprint density at radius 2 is 2.17 bits per heavy atom. The van der Waals surface area contributed by atoms with Gasteiger partial charge in [0, 0.05) is 12.1 Å². The number of amides is 1. The molecule has 0 aromatic heterocycles. The highest BCUT2D eigenvalue weighted by molar-refractivity contribution is 5.77. The van der Waals surface area contributed by atoms with Crippen molar-refractivity contribution in [3.8, 4) is 11.5 Å². The van der Waals surface area contributed by atoms with Crippen molar-refractivity contribution in [2.24, 2.45) is 0 Å². The summed E-state index contributed by atoms with van der Waals surface area (Å²) in [5, 5.41) is 9.49. The van der Waals surface area contributed by atoms with Crippen molar-refractivity contribution in [2.75, 3.05) is 26.9 Å². The molecule has 0 spiro atoms. The van der Waals surface area contributed by atoms with E-state index in [4.69, 9.17) is 9.47 Å². The van der Waals surface area contributed by atoms with Gasteiger partial charge >= 0.3 is 0 Å². The first kappa shape index (κ1) is 18.3. The van der Waals surface area contributed by atoms with Crippen LogP contribution in [0.25, 0.3) is 0 Å². The molecule has 6 nitrogen and oxygen atoms in total. The monoisotopic (exact) mass is 335 g/mol. The zero-order chi connectivity index (χ0) is 17.4. The van der Waals surface area contributed by atoms with E-state index >= 15 is 0 Å². The standard InChI is InChI=1S/C18H25NO5/c1-23-17-11-14(12-20)6-7-16(17)24-10-8-18(22)19-9-4-2-3-5-15(19)13-21/h6-7,11-12,15,21H,2-5,8-10,13H2,1H3. The quantitative estimate of drug-likeness (QED) is 0.772. The molecule has 1 aromatic rings. The lowest BCUT2D eigenvalue weighted by Crippen LogP contribution is -2.42. The second-order valence-corrected chi connectivity index (χ2v) is 5.90. The van der Waals surface area contributed by atoms with Gasteiger partial charge in [0.1, 0.15) is 6.29 Å². The van der Waals surface area contributed by atoms with Gasteiger partial charge in [-0.1, -0.05) is 12.8 Å². The van der Waals surface area contributed by atoms with Gasteiger partial charge in [-0.3, -0.25) is 9.59 Å². The summed E-state index contributed by atoms with van der Waals surface area (Å²) in [4.78, 5) is 25.0. The lowest BCUT2D eigenvalue weighted by Gasteiger charge is -2.28. The van der Waals surface area contributed by atoms with Gasteiger partial charge in [-0.05, 0) is 31.0 Å². The summed E-state index contributed by atoms with van der Waals surface area (Å²) in [6.45, 7) is 0.930. The largest absolute Gasteiger partial charge is 0.493 e. The molecule has 24 heavy (non-hydrogen) atoms. The van der Waals surface area contributed by atoms with Gasteiger partial charge in [-0.2, -0.15) is 0 Å². The number of aliphatic hydroxyl groups is 1. The number of hydrogen-bond donors (Lipinski definition) is 1. The fraction of sp³-hybridized carbons (Fsp3) is 0.556. The molecule has 1 aliphatic rings. The van der Waals surface area contributed by atoms with E-state index in [1.54, 1.807) is 23.1 Å². The minimum absolute atomic E-state index is 0.000529. The number of rotatable bonds is 7. The molecule has 1 fully saturated rings. The molecule has 1 N–H and O–H groups in total. The van der Waals surface area contributed by atoms with E-state index in [2.05, 4.69) is 0 Å². The Bertz CT molecular complexity index is 560. The molecule has 1 saturated heterocycles. The fourth-order valence-electron chi connectivity index (χ4n) is 2.96. The molecule has 6 heteroatoms. The van der Waals surface area contributed by atoms with E-state index in [9.17, 15) is 14.7 Å². The fourth-order valence-corrected chi connectivity index (χ4v) is 2.96. The van der Waals surface area contributed by atoms with Crippen LogP contribution >= 0.6 is 0 Å². The Morgan fingerprint density at radius 1 is 1.33 bits per heavy atom. The van der Waals surface area contributed by atoms with E-state index in [1.165, 1.54) is 7.11 Å². The molecule has 1 heterocycles. The lowest BCUT2D eigenvalue weighted by atomic mass is 10.1. The topological polar surface area (TPSA) is 76.1 Å². The molecule has 1 unspecified atom stereocenters. The molecule has 1 aromatic carbocycles. The number of carbonyl (C=O) groups excluding carboxylic acids is 2. The zero-order valence-corrected chi connectivity index (χ0v) is 14.1. The number of benzene rings is 1. The zero-order valence-electron chi connectivity index (χ0n) is 14.1. The molecule has 0 bridgehead atoms. The number of methoxy groups -OCH3 is 1. The third-order valence-electron chi connectivity index (χ3n) is 4.31. The van der Waals surface area contributed by atoms with Gasteiger partial charge in [-0.15, -0.1) is 0 Å². The highest BCUT2D eigenvalue weighted by atomic mass is 16.5. The van der Waals surface area contributed by atoms with E-state index in [0.29, 0.717) is 23.6 Å². The lowest BCUT2D eigenvalue weighted by molar-refractivity contribution is -0.134. The first-order valence-electron chi connectivity index (χ1n) is 8.36. The Morgan fingerprint density at radius 3 is 2.88 bits per heavy atom. The van der Waals surface area contributed by atoms with Crippen molar-refractivity contribution < 1.29 is 24.2 Å². The number of carbonyl (C=O) groups is 2. The Hall–Kier alpha value is -2.08. The molecule has 0 saturated carbocycles. The Kier molecular flexibility index (Phi) is 7.06. The first-order valence-corrected chi connectivity index (χ1v) is 8.36. The summed E-state index contributed by atoms with van der Waals surface area (Å²) >= 11 is 0. The first-order chi connectivity index (χ1) is 11.7. The Labute approximate surface area is 142 Å². The van der Waals surface area contributed by atoms with Crippen LogP contribution < -0.4 is 9.47 Å². The molecule has 0 aliphatic carbocycles. The van der Waals surface area contributed by atoms with Gasteiger partial charge in [0.2, 0.25) is 5.91 Å². The van der Waals surface area contributed by atoms with Crippen LogP contribution in [0.2, 0.25) is 0 Å². The minimum Gasteiger partial charge on any atom is -0.493 e. The van der Waals surface area contributed by atoms with E-state index in [1.807, 2.05) is 0 Å². The van der Waals surface area contributed by atoms with Gasteiger partial charge in [0.15, 0.2) is 11.5 Å². The number of nitrogens with zero attached hydrogens (tertiary/aromatic N) is 1. The minimum atomic E-state index is -0.0820. The van der Waals surface area contributed by atoms with Crippen molar-refractivity contribution in [1.82, 2.24) is 4.90 Å². The molecule has 132 valence electrons. The van der Waals surface area contributed by atoms with Crippen LogP contribution in [0.15, 0.2) is 18.2 Å². The summed E-state index contributed by atoms with van der Waals surface area (Å²) in [5.41, 5.74) is 0.505. The normalized spacial score (nSPS) is 17.9. The van der Waals surface area contributed by atoms with Crippen LogP contribution in [0.3, 0.4) is 0 Å². The molecule has 1 atom stereocenters. The van der Waals surface area contributed by atoms with E-state index in [-0.39, 0.29) is 31.6 Å². The highest BCUT2D eigenvalue weighted by Crippen LogP contribution is 2.27. The Balaban J connectivity index is 1.91. The van der Waals surface area contributed by atoms with Gasteiger partial charge < -0.3 is 19.5 Å². The van der Waals surface area contributed by atoms with Gasteiger partial charge in [0.05, 0.1) is 32.8 Å². The van der Waals surface area contributed by atoms with Crippen molar-refractivity contribution in [3.05, 3.63) is 23.8 Å². The third-order valence-corrected chi connectivity index (χ3v) is 4.31. The average Bonchev–Trinajstić information content (AvgIpc) is 2.87. The van der Waals surface area contributed by atoms with Crippen LogP contribution in [-0.4, -0.2) is 55.1 Å². The maximum atomic E-state index is 12.4. The van der Waals surface area contributed by atoms with Crippen LogP contribution in [0.4, 0.5) is 0 Å². The van der Waals surface area contributed by atoms with Crippen molar-refractivity contribution in [3.63, 3.8) is 0 Å². The van der Waals surface area contributed by atoms with Crippen LogP contribution in [0.1, 0.15) is 42.5 Å². The number of aldehydes is 1. The molecular weight excluding hydrogens is 310 g/mol. The maximum Gasteiger partial charge on any atom is 0.226 e. The van der Waals surface area contributed by atoms with Gasteiger partial charge in [-0.25, -0.2) is 0 Å². The maximum absolute atomic E-state index is 12.4. The van der Waals surface area contributed by atoms with Crippen molar-refractivity contribution in [2.45, 2.75) is 38.1 Å². The number of likely N-dealkylation sites (tertiary alicyclic amines) is 1. The summed E-state index contributed by atoms with van der Waals surface area (Å²) < 4.78 is 10.8. The molecular formula is C18H25NO5. The molecule has 2 rings (SSSR count). The third kappa shape index (κ3) is 4.71.